The molecule has 152 valence electrons. The number of nitrogens with one attached hydrogen (secondary N) is 2. The number of rotatable bonds is 6. The lowest BCUT2D eigenvalue weighted by Crippen LogP contribution is -2.53. The molecule has 0 spiro atoms. The maximum Gasteiger partial charge on any atom is 0.258 e. The summed E-state index contributed by atoms with van der Waals surface area (Å²) < 4.78 is 18.8. The van der Waals surface area contributed by atoms with E-state index in [1.54, 1.807) is 6.92 Å². The Kier molecular flexibility index (Phi) is 5.12. The molecule has 0 saturated heterocycles. The maximum atomic E-state index is 13.4. The number of hydrogen-bond donors (Lipinski definition) is 2. The summed E-state index contributed by atoms with van der Waals surface area (Å²) in [6, 6.07) is 4.02. The van der Waals surface area contributed by atoms with Crippen LogP contribution < -0.4 is 15.4 Å². The SMILES string of the molecule is Cc1ncc(C(=O)NC2CC3(NC(=O)COc4ccc(Cl)c(F)c4)CC2C3)cn1. The normalized spacial score (nSPS) is 24.5. The highest BCUT2D eigenvalue weighted by Gasteiger charge is 2.57. The highest BCUT2D eigenvalue weighted by Crippen LogP contribution is 2.52. The fraction of sp³-hybridized carbons (Fsp3) is 0.400. The second-order valence-corrected chi connectivity index (χ2v) is 8.07. The van der Waals surface area contributed by atoms with Crippen LogP contribution in [0.1, 0.15) is 35.4 Å². The van der Waals surface area contributed by atoms with Crippen molar-refractivity contribution in [3.05, 3.63) is 52.8 Å². The zero-order chi connectivity index (χ0) is 20.6. The molecule has 1 unspecified atom stereocenters. The van der Waals surface area contributed by atoms with Crippen molar-refractivity contribution < 1.29 is 18.7 Å². The fourth-order valence-corrected chi connectivity index (χ4v) is 4.23. The first-order chi connectivity index (χ1) is 13.8. The molecule has 1 heterocycles. The second kappa shape index (κ2) is 7.59. The van der Waals surface area contributed by atoms with Gasteiger partial charge in [0.2, 0.25) is 0 Å². The molecule has 2 aromatic rings. The Labute approximate surface area is 172 Å². The summed E-state index contributed by atoms with van der Waals surface area (Å²) in [4.78, 5) is 32.7. The van der Waals surface area contributed by atoms with Gasteiger partial charge in [0.05, 0.1) is 10.6 Å². The van der Waals surface area contributed by atoms with Crippen LogP contribution in [0, 0.1) is 18.7 Å². The Balaban J connectivity index is 1.27. The molecule has 2 bridgehead atoms. The Hall–Kier alpha value is -2.74. The standard InChI is InChI=1S/C20H20ClFN4O3/c1-11-23-8-13(9-24-11)19(28)25-17-7-20(5-12(17)6-20)26-18(27)10-29-14-2-3-15(21)16(22)4-14/h2-4,8-9,12,17H,5-7,10H2,1H3,(H,25,28)(H,26,27). The lowest BCUT2D eigenvalue weighted by Gasteiger charge is -2.39. The smallest absolute Gasteiger partial charge is 0.258 e. The van der Waals surface area contributed by atoms with E-state index in [9.17, 15) is 14.0 Å². The van der Waals surface area contributed by atoms with Gasteiger partial charge in [0.25, 0.3) is 11.8 Å². The van der Waals surface area contributed by atoms with Crippen molar-refractivity contribution in [1.82, 2.24) is 20.6 Å². The van der Waals surface area contributed by atoms with Gasteiger partial charge in [-0.25, -0.2) is 14.4 Å². The minimum Gasteiger partial charge on any atom is -0.484 e. The third-order valence-electron chi connectivity index (χ3n) is 5.51. The molecule has 2 amide bonds. The van der Waals surface area contributed by atoms with E-state index in [2.05, 4.69) is 20.6 Å². The number of aromatic nitrogens is 2. The number of ether oxygens (including phenoxy) is 1. The van der Waals surface area contributed by atoms with E-state index >= 15 is 0 Å². The fourth-order valence-electron chi connectivity index (χ4n) is 4.11. The van der Waals surface area contributed by atoms with Crippen molar-refractivity contribution in [2.45, 2.75) is 37.8 Å². The molecule has 3 aliphatic rings. The van der Waals surface area contributed by atoms with Gasteiger partial charge in [-0.3, -0.25) is 9.59 Å². The van der Waals surface area contributed by atoms with Crippen LogP contribution in [0.5, 0.6) is 5.75 Å². The number of fused-ring (bicyclic) bond motifs is 1. The van der Waals surface area contributed by atoms with Crippen molar-refractivity contribution in [3.8, 4) is 5.75 Å². The molecule has 1 aromatic heterocycles. The van der Waals surface area contributed by atoms with Crippen LogP contribution in [0.2, 0.25) is 5.02 Å². The van der Waals surface area contributed by atoms with E-state index in [-0.39, 0.29) is 40.8 Å². The van der Waals surface area contributed by atoms with E-state index in [1.165, 1.54) is 24.5 Å². The zero-order valence-electron chi connectivity index (χ0n) is 15.7. The highest BCUT2D eigenvalue weighted by molar-refractivity contribution is 6.30. The number of nitrogens with zero attached hydrogens (tertiary/aromatic N) is 2. The van der Waals surface area contributed by atoms with Crippen molar-refractivity contribution in [1.29, 1.82) is 0 Å². The van der Waals surface area contributed by atoms with Gasteiger partial charge in [-0.05, 0) is 44.2 Å². The van der Waals surface area contributed by atoms with Crippen LogP contribution in [0.15, 0.2) is 30.6 Å². The molecule has 29 heavy (non-hydrogen) atoms. The lowest BCUT2D eigenvalue weighted by molar-refractivity contribution is -0.125. The molecular weight excluding hydrogens is 399 g/mol. The first kappa shape index (κ1) is 19.6. The molecule has 9 heteroatoms. The predicted molar refractivity (Wildman–Crippen MR) is 103 cm³/mol. The molecule has 0 aliphatic heterocycles. The third-order valence-corrected chi connectivity index (χ3v) is 5.82. The van der Waals surface area contributed by atoms with Crippen molar-refractivity contribution in [2.24, 2.45) is 5.92 Å². The molecule has 3 saturated carbocycles. The van der Waals surface area contributed by atoms with Crippen molar-refractivity contribution in [2.75, 3.05) is 6.61 Å². The quantitative estimate of drug-likeness (QED) is 0.751. The Morgan fingerprint density at radius 3 is 2.69 bits per heavy atom. The number of benzene rings is 1. The predicted octanol–water partition coefficient (Wildman–Crippen LogP) is 2.42. The Morgan fingerprint density at radius 2 is 2.00 bits per heavy atom. The first-order valence-electron chi connectivity index (χ1n) is 9.32. The molecule has 7 nitrogen and oxygen atoms in total. The van der Waals surface area contributed by atoms with E-state index in [4.69, 9.17) is 16.3 Å². The Morgan fingerprint density at radius 1 is 1.28 bits per heavy atom. The van der Waals surface area contributed by atoms with Gasteiger partial charge >= 0.3 is 0 Å². The first-order valence-corrected chi connectivity index (χ1v) is 9.70. The van der Waals surface area contributed by atoms with Crippen molar-refractivity contribution >= 4 is 23.4 Å². The molecule has 5 rings (SSSR count). The topological polar surface area (TPSA) is 93.2 Å². The number of amides is 2. The summed E-state index contributed by atoms with van der Waals surface area (Å²) in [5, 5.41) is 6.02. The van der Waals surface area contributed by atoms with Gasteiger partial charge in [-0.1, -0.05) is 11.6 Å². The van der Waals surface area contributed by atoms with Gasteiger partial charge in [0, 0.05) is 30.0 Å². The number of halogens is 2. The van der Waals surface area contributed by atoms with E-state index in [0.717, 1.165) is 18.9 Å². The Bertz CT molecular complexity index is 947. The van der Waals surface area contributed by atoms with E-state index < -0.39 is 5.82 Å². The zero-order valence-corrected chi connectivity index (χ0v) is 16.5. The largest absolute Gasteiger partial charge is 0.484 e. The van der Waals surface area contributed by atoms with Gasteiger partial charge in [0.1, 0.15) is 17.4 Å². The van der Waals surface area contributed by atoms with Crippen LogP contribution >= 0.6 is 11.6 Å². The van der Waals surface area contributed by atoms with E-state index in [0.29, 0.717) is 23.7 Å². The van der Waals surface area contributed by atoms with Crippen LogP contribution in [0.3, 0.4) is 0 Å². The molecule has 3 fully saturated rings. The maximum absolute atomic E-state index is 13.4. The highest BCUT2D eigenvalue weighted by atomic mass is 35.5. The molecule has 1 aromatic carbocycles. The lowest BCUT2D eigenvalue weighted by atomic mass is 9.76. The summed E-state index contributed by atoms with van der Waals surface area (Å²) in [7, 11) is 0. The molecule has 3 aliphatic carbocycles. The molecule has 2 N–H and O–H groups in total. The number of carbonyl (C=O) groups is 2. The number of carbonyl (C=O) groups excluding carboxylic acids is 2. The van der Waals surface area contributed by atoms with E-state index in [1.807, 2.05) is 0 Å². The monoisotopic (exact) mass is 418 g/mol. The summed E-state index contributed by atoms with van der Waals surface area (Å²) in [6.07, 6.45) is 5.29. The summed E-state index contributed by atoms with van der Waals surface area (Å²) in [6.45, 7) is 1.54. The van der Waals surface area contributed by atoms with Crippen LogP contribution in [0.4, 0.5) is 4.39 Å². The minimum absolute atomic E-state index is 0.00237. The third kappa shape index (κ3) is 4.17. The van der Waals surface area contributed by atoms with Crippen LogP contribution in [-0.4, -0.2) is 40.0 Å². The molecule has 1 atom stereocenters. The van der Waals surface area contributed by atoms with Gasteiger partial charge in [-0.2, -0.15) is 0 Å². The molecular formula is C20H20ClFN4O3. The van der Waals surface area contributed by atoms with Crippen LogP contribution in [-0.2, 0) is 4.79 Å². The van der Waals surface area contributed by atoms with Gasteiger partial charge in [-0.15, -0.1) is 0 Å². The average Bonchev–Trinajstić information content (AvgIpc) is 3.16. The summed E-state index contributed by atoms with van der Waals surface area (Å²) >= 11 is 5.63. The van der Waals surface area contributed by atoms with Crippen LogP contribution in [0.25, 0.3) is 0 Å². The van der Waals surface area contributed by atoms with Crippen molar-refractivity contribution in [3.63, 3.8) is 0 Å². The summed E-state index contributed by atoms with van der Waals surface area (Å²) in [5.41, 5.74) is 0.0966. The molecule has 0 radical (unpaired) electrons. The summed E-state index contributed by atoms with van der Waals surface area (Å²) in [5.74, 6) is 0.0860. The minimum atomic E-state index is -0.599. The number of aryl methyl sites for hydroxylation is 1. The van der Waals surface area contributed by atoms with Gasteiger partial charge in [0.15, 0.2) is 6.61 Å². The second-order valence-electron chi connectivity index (χ2n) is 7.66. The van der Waals surface area contributed by atoms with Gasteiger partial charge < -0.3 is 15.4 Å². The average molecular weight is 419 g/mol. The number of hydrogen-bond acceptors (Lipinski definition) is 5.